The third-order valence-corrected chi connectivity index (χ3v) is 3.98. The van der Waals surface area contributed by atoms with Crippen molar-refractivity contribution in [1.82, 2.24) is 5.32 Å². The van der Waals surface area contributed by atoms with Crippen LogP contribution in [-0.4, -0.2) is 24.4 Å². The molecule has 1 heterocycles. The third-order valence-electron chi connectivity index (χ3n) is 2.75. The van der Waals surface area contributed by atoms with Gasteiger partial charge in [-0.05, 0) is 24.3 Å². The predicted octanol–water partition coefficient (Wildman–Crippen LogP) is 2.80. The van der Waals surface area contributed by atoms with Crippen molar-refractivity contribution in [2.75, 3.05) is 13.2 Å². The molecule has 1 unspecified atom stereocenters. The molecule has 110 valence electrons. The zero-order valence-corrected chi connectivity index (χ0v) is 12.8. The van der Waals surface area contributed by atoms with Crippen molar-refractivity contribution in [1.29, 1.82) is 5.26 Å². The second-order valence-electron chi connectivity index (χ2n) is 4.41. The third kappa shape index (κ3) is 5.03. The Morgan fingerprint density at radius 2 is 2.14 bits per heavy atom. The Kier molecular flexibility index (Phi) is 6.03. The van der Waals surface area contributed by atoms with Crippen molar-refractivity contribution in [3.63, 3.8) is 0 Å². The van der Waals surface area contributed by atoms with Crippen LogP contribution < -0.4 is 10.1 Å². The van der Waals surface area contributed by atoms with Crippen molar-refractivity contribution in [3.8, 4) is 11.8 Å². The summed E-state index contributed by atoms with van der Waals surface area (Å²) in [5.41, 5.74) is 0.464. The lowest BCUT2D eigenvalue weighted by atomic mass is 10.2. The first-order valence-electron chi connectivity index (χ1n) is 6.44. The molecule has 0 saturated carbocycles. The average molecular weight is 323 g/mol. The first-order valence-corrected chi connectivity index (χ1v) is 7.63. The minimum atomic E-state index is -0.646. The van der Waals surface area contributed by atoms with Gasteiger partial charge in [0.1, 0.15) is 24.5 Å². The Balaban J connectivity index is 1.72. The molecule has 1 atom stereocenters. The van der Waals surface area contributed by atoms with E-state index in [0.717, 1.165) is 9.21 Å². The molecule has 0 aliphatic carbocycles. The lowest BCUT2D eigenvalue weighted by molar-refractivity contribution is 0.106. The van der Waals surface area contributed by atoms with E-state index in [1.807, 2.05) is 12.1 Å². The molecule has 6 heteroatoms. The number of halogens is 1. The summed E-state index contributed by atoms with van der Waals surface area (Å²) in [6, 6.07) is 12.8. The van der Waals surface area contributed by atoms with E-state index in [2.05, 4.69) is 11.4 Å². The predicted molar refractivity (Wildman–Crippen MR) is 83.7 cm³/mol. The van der Waals surface area contributed by atoms with Crippen LogP contribution >= 0.6 is 22.9 Å². The number of nitrogens with zero attached hydrogens (tertiary/aromatic N) is 1. The second-order valence-corrected chi connectivity index (χ2v) is 6.21. The number of ether oxygens (including phenoxy) is 1. The van der Waals surface area contributed by atoms with E-state index >= 15 is 0 Å². The number of nitrogens with one attached hydrogen (secondary N) is 1. The molecular weight excluding hydrogens is 308 g/mol. The fourth-order valence-electron chi connectivity index (χ4n) is 1.74. The van der Waals surface area contributed by atoms with Gasteiger partial charge in [-0.2, -0.15) is 5.26 Å². The molecular formula is C15H15ClN2O2S. The van der Waals surface area contributed by atoms with Crippen molar-refractivity contribution >= 4 is 22.9 Å². The van der Waals surface area contributed by atoms with Gasteiger partial charge >= 0.3 is 0 Å². The van der Waals surface area contributed by atoms with Gasteiger partial charge in [0.05, 0.1) is 9.90 Å². The van der Waals surface area contributed by atoms with Crippen LogP contribution in [0.5, 0.6) is 5.75 Å². The maximum absolute atomic E-state index is 9.86. The molecule has 0 radical (unpaired) electrons. The average Bonchev–Trinajstić information content (AvgIpc) is 2.91. The Hall–Kier alpha value is -1.58. The van der Waals surface area contributed by atoms with Crippen LogP contribution in [0.2, 0.25) is 4.34 Å². The molecule has 2 aromatic rings. The van der Waals surface area contributed by atoms with Gasteiger partial charge in [-0.3, -0.25) is 0 Å². The number of rotatable bonds is 7. The van der Waals surface area contributed by atoms with Crippen LogP contribution in [0.15, 0.2) is 36.4 Å². The maximum Gasteiger partial charge on any atom is 0.137 e. The molecule has 4 nitrogen and oxygen atoms in total. The summed E-state index contributed by atoms with van der Waals surface area (Å²) in [5.74, 6) is 0.490. The van der Waals surface area contributed by atoms with Crippen LogP contribution in [0, 0.1) is 11.3 Å². The van der Waals surface area contributed by atoms with Gasteiger partial charge in [-0.15, -0.1) is 11.3 Å². The Labute approximate surface area is 132 Å². The zero-order chi connectivity index (χ0) is 15.1. The maximum atomic E-state index is 9.86. The molecule has 0 aliphatic rings. The van der Waals surface area contributed by atoms with Crippen molar-refractivity contribution in [2.24, 2.45) is 0 Å². The fourth-order valence-corrected chi connectivity index (χ4v) is 2.80. The second kappa shape index (κ2) is 8.01. The molecule has 2 rings (SSSR count). The molecule has 0 fully saturated rings. The number of thiophene rings is 1. The Bertz CT molecular complexity index is 624. The van der Waals surface area contributed by atoms with Crippen LogP contribution in [0.25, 0.3) is 0 Å². The lowest BCUT2D eigenvalue weighted by Crippen LogP contribution is -2.31. The van der Waals surface area contributed by atoms with Crippen LogP contribution in [0.1, 0.15) is 10.4 Å². The number of para-hydroxylation sites is 1. The van der Waals surface area contributed by atoms with Crippen LogP contribution in [-0.2, 0) is 6.54 Å². The van der Waals surface area contributed by atoms with Crippen molar-refractivity contribution in [3.05, 3.63) is 51.2 Å². The summed E-state index contributed by atoms with van der Waals surface area (Å²) in [5, 5.41) is 21.9. The van der Waals surface area contributed by atoms with Gasteiger partial charge in [0.2, 0.25) is 0 Å². The molecule has 0 spiro atoms. The lowest BCUT2D eigenvalue weighted by Gasteiger charge is -2.13. The van der Waals surface area contributed by atoms with Gasteiger partial charge in [0.15, 0.2) is 0 Å². The molecule has 0 bridgehead atoms. The number of nitriles is 1. The van der Waals surface area contributed by atoms with Gasteiger partial charge in [-0.25, -0.2) is 0 Å². The number of aliphatic hydroxyl groups excluding tert-OH is 1. The molecule has 21 heavy (non-hydrogen) atoms. The molecule has 1 aromatic carbocycles. The van der Waals surface area contributed by atoms with Crippen molar-refractivity contribution < 1.29 is 9.84 Å². The van der Waals surface area contributed by atoms with Gasteiger partial charge < -0.3 is 15.2 Å². The first kappa shape index (κ1) is 15.8. The van der Waals surface area contributed by atoms with Crippen molar-refractivity contribution in [2.45, 2.75) is 12.6 Å². The van der Waals surface area contributed by atoms with E-state index in [1.54, 1.807) is 24.3 Å². The smallest absolute Gasteiger partial charge is 0.137 e. The van der Waals surface area contributed by atoms with Gasteiger partial charge in [0.25, 0.3) is 0 Å². The van der Waals surface area contributed by atoms with E-state index in [-0.39, 0.29) is 6.61 Å². The highest BCUT2D eigenvalue weighted by Gasteiger charge is 2.08. The highest BCUT2D eigenvalue weighted by molar-refractivity contribution is 7.16. The molecule has 1 aromatic heterocycles. The van der Waals surface area contributed by atoms with E-state index in [0.29, 0.717) is 24.4 Å². The number of benzene rings is 1. The largest absolute Gasteiger partial charge is 0.489 e. The van der Waals surface area contributed by atoms with E-state index in [1.165, 1.54) is 11.3 Å². The Morgan fingerprint density at radius 3 is 2.86 bits per heavy atom. The normalized spacial score (nSPS) is 11.9. The topological polar surface area (TPSA) is 65.3 Å². The molecule has 0 saturated heterocycles. The minimum absolute atomic E-state index is 0.136. The quantitative estimate of drug-likeness (QED) is 0.822. The number of hydrogen-bond donors (Lipinski definition) is 2. The summed E-state index contributed by atoms with van der Waals surface area (Å²) in [4.78, 5) is 1.11. The van der Waals surface area contributed by atoms with E-state index in [4.69, 9.17) is 21.6 Å². The molecule has 0 aliphatic heterocycles. The summed E-state index contributed by atoms with van der Waals surface area (Å²) < 4.78 is 6.22. The van der Waals surface area contributed by atoms with E-state index in [9.17, 15) is 5.11 Å². The number of aliphatic hydroxyl groups is 1. The highest BCUT2D eigenvalue weighted by Crippen LogP contribution is 2.21. The minimum Gasteiger partial charge on any atom is -0.489 e. The highest BCUT2D eigenvalue weighted by atomic mass is 35.5. The summed E-state index contributed by atoms with van der Waals surface area (Å²) in [6.07, 6.45) is -0.646. The molecule has 0 amide bonds. The first-order chi connectivity index (χ1) is 10.2. The summed E-state index contributed by atoms with van der Waals surface area (Å²) in [7, 11) is 0. The van der Waals surface area contributed by atoms with Crippen LogP contribution in [0.3, 0.4) is 0 Å². The SMILES string of the molecule is N#Cc1ccccc1OCC(O)CNCc1ccc(Cl)s1. The summed E-state index contributed by atoms with van der Waals surface area (Å²) >= 11 is 7.35. The molecule has 2 N–H and O–H groups in total. The monoisotopic (exact) mass is 322 g/mol. The van der Waals surface area contributed by atoms with Gasteiger partial charge in [0, 0.05) is 18.0 Å². The standard InChI is InChI=1S/C15H15ClN2O2S/c16-15-6-5-13(21-15)9-18-8-12(19)10-20-14-4-2-1-3-11(14)7-17/h1-6,12,18-19H,8-10H2. The fraction of sp³-hybridized carbons (Fsp3) is 0.267. The number of hydrogen-bond acceptors (Lipinski definition) is 5. The van der Waals surface area contributed by atoms with E-state index < -0.39 is 6.10 Å². The van der Waals surface area contributed by atoms with Crippen LogP contribution in [0.4, 0.5) is 0 Å². The zero-order valence-electron chi connectivity index (χ0n) is 11.3. The van der Waals surface area contributed by atoms with Gasteiger partial charge in [-0.1, -0.05) is 23.7 Å². The summed E-state index contributed by atoms with van der Waals surface area (Å²) in [6.45, 7) is 1.20. The Morgan fingerprint density at radius 1 is 1.33 bits per heavy atom.